The number of carbonyl (C=O) groups excluding carboxylic acids is 3. The average molecular weight is 258 g/mol. The fourth-order valence-electron chi connectivity index (χ4n) is 2.00. The van der Waals surface area contributed by atoms with Crippen molar-refractivity contribution in [2.45, 2.75) is 20.8 Å². The van der Waals surface area contributed by atoms with Gasteiger partial charge in [-0.2, -0.15) is 0 Å². The van der Waals surface area contributed by atoms with E-state index in [0.29, 0.717) is 22.4 Å². The van der Waals surface area contributed by atoms with Gasteiger partial charge in [0.1, 0.15) is 0 Å². The lowest BCUT2D eigenvalue weighted by atomic mass is 10.1. The number of rotatable bonds is 2. The molecule has 0 saturated carbocycles. The zero-order chi connectivity index (χ0) is 14.3. The van der Waals surface area contributed by atoms with E-state index in [2.05, 4.69) is 0 Å². The lowest BCUT2D eigenvalue weighted by molar-refractivity contribution is -0.255. The van der Waals surface area contributed by atoms with Gasteiger partial charge in [0.05, 0.1) is 11.7 Å². The third-order valence-corrected chi connectivity index (χ3v) is 3.28. The minimum atomic E-state index is -1.29. The third kappa shape index (κ3) is 1.93. The summed E-state index contributed by atoms with van der Waals surface area (Å²) in [4.78, 5) is 35.9. The number of carbonyl (C=O) groups is 3. The van der Waals surface area contributed by atoms with Gasteiger partial charge < -0.3 is 9.90 Å². The van der Waals surface area contributed by atoms with Crippen LogP contribution < -0.4 is 10.0 Å². The van der Waals surface area contributed by atoms with Crippen LogP contribution in [0.4, 0.5) is 5.69 Å². The molecule has 1 heterocycles. The molecule has 0 bridgehead atoms. The van der Waals surface area contributed by atoms with E-state index in [1.54, 1.807) is 20.8 Å². The predicted molar refractivity (Wildman–Crippen MR) is 66.4 cm³/mol. The van der Waals surface area contributed by atoms with Gasteiger partial charge >= 0.3 is 0 Å². The molecule has 1 aliphatic rings. The van der Waals surface area contributed by atoms with Crippen molar-refractivity contribution in [3.05, 3.63) is 40.5 Å². The van der Waals surface area contributed by atoms with Gasteiger partial charge in [-0.3, -0.25) is 9.59 Å². The van der Waals surface area contributed by atoms with E-state index >= 15 is 0 Å². The van der Waals surface area contributed by atoms with Crippen molar-refractivity contribution in [3.8, 4) is 0 Å². The van der Waals surface area contributed by atoms with Crippen molar-refractivity contribution in [2.75, 3.05) is 4.90 Å². The monoisotopic (exact) mass is 258 g/mol. The number of carboxylic acids is 1. The van der Waals surface area contributed by atoms with Crippen LogP contribution in [-0.4, -0.2) is 17.8 Å². The minimum Gasteiger partial charge on any atom is -0.545 e. The molecule has 0 spiro atoms. The van der Waals surface area contributed by atoms with E-state index < -0.39 is 5.97 Å². The summed E-state index contributed by atoms with van der Waals surface area (Å²) < 4.78 is 0. The van der Waals surface area contributed by atoms with Gasteiger partial charge in [-0.25, -0.2) is 4.90 Å². The topological polar surface area (TPSA) is 77.5 Å². The van der Waals surface area contributed by atoms with Gasteiger partial charge in [0.15, 0.2) is 0 Å². The molecule has 1 aromatic rings. The Kier molecular flexibility index (Phi) is 2.98. The molecule has 19 heavy (non-hydrogen) atoms. The maximum absolute atomic E-state index is 12.0. The van der Waals surface area contributed by atoms with Crippen LogP contribution in [0.3, 0.4) is 0 Å². The number of carboxylic acid groups (broad SMARTS) is 1. The van der Waals surface area contributed by atoms with E-state index in [1.807, 2.05) is 0 Å². The molecular formula is C14H12NO4-. The van der Waals surface area contributed by atoms with Crippen LogP contribution in [0.2, 0.25) is 0 Å². The van der Waals surface area contributed by atoms with Crippen molar-refractivity contribution in [3.63, 3.8) is 0 Å². The Labute approximate surface area is 110 Å². The van der Waals surface area contributed by atoms with Crippen molar-refractivity contribution in [2.24, 2.45) is 0 Å². The normalized spacial score (nSPS) is 15.4. The summed E-state index contributed by atoms with van der Waals surface area (Å²) >= 11 is 0. The van der Waals surface area contributed by atoms with Crippen molar-refractivity contribution < 1.29 is 19.5 Å². The quantitative estimate of drug-likeness (QED) is 0.726. The molecule has 0 saturated heterocycles. The number of nitrogens with zero attached hydrogens (tertiary/aromatic N) is 1. The highest BCUT2D eigenvalue weighted by Crippen LogP contribution is 2.29. The summed E-state index contributed by atoms with van der Waals surface area (Å²) in [5.41, 5.74) is 1.77. The molecule has 0 fully saturated rings. The first-order valence-corrected chi connectivity index (χ1v) is 5.73. The number of anilines is 1. The Bertz CT molecular complexity index is 619. The van der Waals surface area contributed by atoms with Gasteiger partial charge in [-0.1, -0.05) is 6.07 Å². The zero-order valence-corrected chi connectivity index (χ0v) is 10.8. The summed E-state index contributed by atoms with van der Waals surface area (Å²) in [6.07, 6.45) is 0. The fraction of sp³-hybridized carbons (Fsp3) is 0.214. The largest absolute Gasteiger partial charge is 0.545 e. The number of aryl methyl sites for hydroxylation is 1. The summed E-state index contributed by atoms with van der Waals surface area (Å²) in [7, 11) is 0. The highest BCUT2D eigenvalue weighted by atomic mass is 16.4. The van der Waals surface area contributed by atoms with Crippen LogP contribution in [0.25, 0.3) is 0 Å². The van der Waals surface area contributed by atoms with Gasteiger partial charge in [-0.05, 0) is 44.0 Å². The maximum atomic E-state index is 12.0. The number of imide groups is 1. The number of amides is 2. The lowest BCUT2D eigenvalue weighted by Crippen LogP contribution is -2.32. The molecule has 0 radical (unpaired) electrons. The number of aromatic carboxylic acids is 1. The van der Waals surface area contributed by atoms with Crippen molar-refractivity contribution >= 4 is 23.5 Å². The highest BCUT2D eigenvalue weighted by Gasteiger charge is 2.35. The van der Waals surface area contributed by atoms with Crippen LogP contribution in [0.1, 0.15) is 29.8 Å². The molecule has 5 nitrogen and oxygen atoms in total. The molecule has 0 N–H and O–H groups in total. The zero-order valence-electron chi connectivity index (χ0n) is 10.8. The summed E-state index contributed by atoms with van der Waals surface area (Å²) in [5, 5.41) is 10.8. The fourth-order valence-corrected chi connectivity index (χ4v) is 2.00. The number of benzene rings is 1. The van der Waals surface area contributed by atoms with Crippen molar-refractivity contribution in [1.82, 2.24) is 0 Å². The molecule has 0 atom stereocenters. The second-order valence-electron chi connectivity index (χ2n) is 4.48. The summed E-state index contributed by atoms with van der Waals surface area (Å²) in [5.74, 6) is -2.03. The third-order valence-electron chi connectivity index (χ3n) is 3.28. The second kappa shape index (κ2) is 4.35. The van der Waals surface area contributed by atoms with Crippen LogP contribution in [0.15, 0.2) is 29.3 Å². The van der Waals surface area contributed by atoms with E-state index in [-0.39, 0.29) is 17.4 Å². The first-order chi connectivity index (χ1) is 8.84. The van der Waals surface area contributed by atoms with Gasteiger partial charge in [0.2, 0.25) is 0 Å². The van der Waals surface area contributed by atoms with E-state index in [1.165, 1.54) is 18.2 Å². The molecule has 2 rings (SSSR count). The smallest absolute Gasteiger partial charge is 0.261 e. The van der Waals surface area contributed by atoms with Gasteiger partial charge in [0, 0.05) is 11.1 Å². The molecule has 0 unspecified atom stereocenters. The molecule has 98 valence electrons. The van der Waals surface area contributed by atoms with Crippen molar-refractivity contribution in [1.29, 1.82) is 0 Å². The Morgan fingerprint density at radius 3 is 2.00 bits per heavy atom. The molecule has 0 aromatic heterocycles. The first-order valence-electron chi connectivity index (χ1n) is 5.73. The Morgan fingerprint density at radius 2 is 1.58 bits per heavy atom. The Balaban J connectivity index is 2.48. The Morgan fingerprint density at radius 1 is 1.05 bits per heavy atom. The summed E-state index contributed by atoms with van der Waals surface area (Å²) in [6, 6.07) is 4.15. The lowest BCUT2D eigenvalue weighted by Gasteiger charge is -2.18. The van der Waals surface area contributed by atoms with Crippen LogP contribution in [-0.2, 0) is 9.59 Å². The molecule has 0 aliphatic carbocycles. The maximum Gasteiger partial charge on any atom is 0.261 e. The molecule has 1 aliphatic heterocycles. The van der Waals surface area contributed by atoms with Crippen LogP contribution >= 0.6 is 0 Å². The second-order valence-corrected chi connectivity index (χ2v) is 4.48. The highest BCUT2D eigenvalue weighted by molar-refractivity contribution is 6.32. The van der Waals surface area contributed by atoms with Gasteiger partial charge in [-0.15, -0.1) is 0 Å². The molecule has 2 amide bonds. The Hall–Kier alpha value is -2.43. The minimum absolute atomic E-state index is 0.0155. The molecule has 5 heteroatoms. The summed E-state index contributed by atoms with van der Waals surface area (Å²) in [6.45, 7) is 4.84. The SMILES string of the molecule is CC1=C(C)C(=O)N(c2ccc(C(=O)[O-])cc2C)C1=O. The first kappa shape index (κ1) is 13.0. The predicted octanol–water partition coefficient (Wildman–Crippen LogP) is 0.568. The molecular weight excluding hydrogens is 246 g/mol. The van der Waals surface area contributed by atoms with E-state index in [4.69, 9.17) is 0 Å². The standard InChI is InChI=1S/C14H13NO4/c1-7-6-10(14(18)19)4-5-11(7)15-12(16)8(2)9(3)13(15)17/h4-6H,1-3H3,(H,18,19)/p-1. The average Bonchev–Trinajstić information content (AvgIpc) is 2.55. The van der Waals surface area contributed by atoms with Crippen LogP contribution in [0.5, 0.6) is 0 Å². The van der Waals surface area contributed by atoms with Crippen LogP contribution in [0, 0.1) is 6.92 Å². The van der Waals surface area contributed by atoms with E-state index in [9.17, 15) is 19.5 Å². The van der Waals surface area contributed by atoms with E-state index in [0.717, 1.165) is 4.90 Å². The number of hydrogen-bond donors (Lipinski definition) is 0. The van der Waals surface area contributed by atoms with Gasteiger partial charge in [0.25, 0.3) is 11.8 Å². The molecule has 1 aromatic carbocycles. The number of hydrogen-bond acceptors (Lipinski definition) is 4.